The normalized spacial score (nSPS) is 17.5. The van der Waals surface area contributed by atoms with Crippen molar-refractivity contribution in [1.82, 2.24) is 29.6 Å². The summed E-state index contributed by atoms with van der Waals surface area (Å²) in [6, 6.07) is 9.96. The molecular formula is C26H29N7O2. The molecule has 1 saturated carbocycles. The van der Waals surface area contributed by atoms with Crippen LogP contribution in [0.4, 0.5) is 10.6 Å². The minimum atomic E-state index is -0.240. The van der Waals surface area contributed by atoms with Crippen LogP contribution in [0.2, 0.25) is 0 Å². The van der Waals surface area contributed by atoms with Gasteiger partial charge in [-0.2, -0.15) is 5.10 Å². The molecule has 1 atom stereocenters. The predicted molar refractivity (Wildman–Crippen MR) is 133 cm³/mol. The van der Waals surface area contributed by atoms with Crippen LogP contribution in [-0.4, -0.2) is 36.4 Å². The second kappa shape index (κ2) is 8.49. The van der Waals surface area contributed by atoms with Gasteiger partial charge in [0.05, 0.1) is 11.2 Å². The van der Waals surface area contributed by atoms with Crippen LogP contribution in [0.15, 0.2) is 42.9 Å². The number of fused-ring (bicyclic) bond motifs is 2. The van der Waals surface area contributed by atoms with Crippen molar-refractivity contribution in [1.29, 1.82) is 0 Å². The van der Waals surface area contributed by atoms with Gasteiger partial charge in [0.1, 0.15) is 12.1 Å². The Hall–Kier alpha value is -3.72. The Morgan fingerprint density at radius 3 is 2.86 bits per heavy atom. The summed E-state index contributed by atoms with van der Waals surface area (Å²) in [5, 5.41) is 11.9. The number of anilines is 1. The first-order chi connectivity index (χ1) is 17.0. The molecule has 6 rings (SSSR count). The van der Waals surface area contributed by atoms with Crippen molar-refractivity contribution in [3.63, 3.8) is 0 Å². The van der Waals surface area contributed by atoms with Crippen LogP contribution in [0.25, 0.3) is 10.9 Å². The van der Waals surface area contributed by atoms with Crippen LogP contribution in [0.1, 0.15) is 62.5 Å². The molecule has 1 aliphatic heterocycles. The summed E-state index contributed by atoms with van der Waals surface area (Å²) in [7, 11) is 0. The van der Waals surface area contributed by atoms with E-state index in [0.717, 1.165) is 28.6 Å². The maximum absolute atomic E-state index is 13.1. The summed E-state index contributed by atoms with van der Waals surface area (Å²) in [6.07, 6.45) is 6.50. The third kappa shape index (κ3) is 4.16. The molecule has 0 spiro atoms. The quantitative estimate of drug-likeness (QED) is 0.425. The summed E-state index contributed by atoms with van der Waals surface area (Å²) in [5.41, 5.74) is 4.01. The second-order valence-corrected chi connectivity index (χ2v) is 9.80. The molecule has 0 radical (unpaired) electrons. The molecule has 0 bridgehead atoms. The molecule has 2 aliphatic rings. The van der Waals surface area contributed by atoms with Gasteiger partial charge in [0.2, 0.25) is 5.88 Å². The highest BCUT2D eigenvalue weighted by Crippen LogP contribution is 2.41. The molecule has 1 fully saturated rings. The summed E-state index contributed by atoms with van der Waals surface area (Å²) in [6.45, 7) is 7.07. The highest BCUT2D eigenvalue weighted by molar-refractivity contribution is 5.98. The van der Waals surface area contributed by atoms with Gasteiger partial charge in [-0.3, -0.25) is 14.6 Å². The van der Waals surface area contributed by atoms with Crippen LogP contribution in [0, 0.1) is 0 Å². The Morgan fingerprint density at radius 2 is 2.06 bits per heavy atom. The number of benzene rings is 1. The number of hydrogen-bond acceptors (Lipinski definition) is 6. The van der Waals surface area contributed by atoms with Gasteiger partial charge in [0.25, 0.3) is 0 Å². The molecule has 1 aliphatic carbocycles. The molecular weight excluding hydrogens is 442 g/mol. The van der Waals surface area contributed by atoms with Crippen molar-refractivity contribution in [3.05, 3.63) is 59.8 Å². The van der Waals surface area contributed by atoms with E-state index in [1.54, 1.807) is 17.1 Å². The topological polar surface area (TPSA) is 98.9 Å². The standard InChI is InChI=1S/C26H29N7O2/c1-15(2)33-23(17-4-5-17)12-24(31-33)30-26(34)32-9-8-18-11-19(6-7-22(18)32)35-25-20-10-16(3)27-13-21(20)28-14-29-25/h6-9,11-12,14-17,27H,4-5,10,13H2,1-3H3,(H,30,31,34)/t16-/m0/s1. The summed E-state index contributed by atoms with van der Waals surface area (Å²) in [4.78, 5) is 21.8. The molecule has 180 valence electrons. The van der Waals surface area contributed by atoms with Gasteiger partial charge in [0.15, 0.2) is 5.82 Å². The Labute approximate surface area is 203 Å². The van der Waals surface area contributed by atoms with Crippen molar-refractivity contribution in [2.75, 3.05) is 5.32 Å². The van der Waals surface area contributed by atoms with E-state index in [-0.39, 0.29) is 12.1 Å². The molecule has 35 heavy (non-hydrogen) atoms. The maximum Gasteiger partial charge on any atom is 0.331 e. The average molecular weight is 472 g/mol. The molecule has 0 unspecified atom stereocenters. The number of hydrogen-bond donors (Lipinski definition) is 2. The fourth-order valence-electron chi connectivity index (χ4n) is 4.74. The number of amides is 1. The first kappa shape index (κ1) is 21.8. The van der Waals surface area contributed by atoms with Gasteiger partial charge in [-0.1, -0.05) is 0 Å². The number of nitrogens with one attached hydrogen (secondary N) is 2. The Morgan fingerprint density at radius 1 is 1.20 bits per heavy atom. The Kier molecular flexibility index (Phi) is 5.29. The van der Waals surface area contributed by atoms with Crippen LogP contribution in [0.3, 0.4) is 0 Å². The van der Waals surface area contributed by atoms with E-state index in [4.69, 9.17) is 4.74 Å². The minimum Gasteiger partial charge on any atom is -0.439 e. The van der Waals surface area contributed by atoms with E-state index in [0.29, 0.717) is 36.0 Å². The number of aromatic nitrogens is 5. The van der Waals surface area contributed by atoms with Crippen molar-refractivity contribution < 1.29 is 9.53 Å². The zero-order valence-corrected chi connectivity index (χ0v) is 20.2. The number of nitrogens with zero attached hydrogens (tertiary/aromatic N) is 5. The van der Waals surface area contributed by atoms with Crippen molar-refractivity contribution >= 4 is 22.8 Å². The van der Waals surface area contributed by atoms with Crippen LogP contribution in [0.5, 0.6) is 11.6 Å². The molecule has 9 nitrogen and oxygen atoms in total. The molecule has 3 aromatic heterocycles. The van der Waals surface area contributed by atoms with Crippen molar-refractivity contribution in [2.24, 2.45) is 0 Å². The van der Waals surface area contributed by atoms with Crippen LogP contribution < -0.4 is 15.4 Å². The third-order valence-corrected chi connectivity index (χ3v) is 6.70. The van der Waals surface area contributed by atoms with Crippen molar-refractivity contribution in [3.8, 4) is 11.6 Å². The lowest BCUT2D eigenvalue weighted by Crippen LogP contribution is -2.33. The van der Waals surface area contributed by atoms with Gasteiger partial charge < -0.3 is 10.1 Å². The zero-order chi connectivity index (χ0) is 24.1. The molecule has 4 heterocycles. The largest absolute Gasteiger partial charge is 0.439 e. The summed E-state index contributed by atoms with van der Waals surface area (Å²) < 4.78 is 9.79. The zero-order valence-electron chi connectivity index (χ0n) is 20.2. The summed E-state index contributed by atoms with van der Waals surface area (Å²) in [5.74, 6) is 2.41. The molecule has 1 aromatic carbocycles. The molecule has 9 heteroatoms. The first-order valence-corrected chi connectivity index (χ1v) is 12.2. The third-order valence-electron chi connectivity index (χ3n) is 6.70. The van der Waals surface area contributed by atoms with Crippen LogP contribution in [-0.2, 0) is 13.0 Å². The lowest BCUT2D eigenvalue weighted by atomic mass is 10.0. The molecule has 2 N–H and O–H groups in total. The second-order valence-electron chi connectivity index (χ2n) is 9.80. The monoisotopic (exact) mass is 471 g/mol. The van der Waals surface area contributed by atoms with E-state index >= 15 is 0 Å². The minimum absolute atomic E-state index is 0.240. The maximum atomic E-state index is 13.1. The lowest BCUT2D eigenvalue weighted by Gasteiger charge is -2.23. The van der Waals surface area contributed by atoms with Gasteiger partial charge in [0, 0.05) is 53.5 Å². The van der Waals surface area contributed by atoms with E-state index in [1.165, 1.54) is 18.5 Å². The van der Waals surface area contributed by atoms with Gasteiger partial charge >= 0.3 is 6.03 Å². The summed E-state index contributed by atoms with van der Waals surface area (Å²) >= 11 is 0. The van der Waals surface area contributed by atoms with Gasteiger partial charge in [-0.05, 0) is 64.3 Å². The lowest BCUT2D eigenvalue weighted by molar-refractivity contribution is 0.254. The predicted octanol–water partition coefficient (Wildman–Crippen LogP) is 4.99. The number of ether oxygens (including phenoxy) is 1. The number of rotatable bonds is 5. The molecule has 1 amide bonds. The van der Waals surface area contributed by atoms with Crippen LogP contribution >= 0.6 is 0 Å². The molecule has 0 saturated heterocycles. The van der Waals surface area contributed by atoms with E-state index in [9.17, 15) is 4.79 Å². The highest BCUT2D eigenvalue weighted by atomic mass is 16.5. The Bertz CT molecular complexity index is 1400. The Balaban J connectivity index is 1.23. The SMILES string of the molecule is CC(C)n1nc(NC(=O)n2ccc3cc(Oc4ncnc5c4C[C@H](C)NC5)ccc32)cc1C1CC1. The molecule has 4 aromatic rings. The number of carbonyl (C=O) groups excluding carboxylic acids is 1. The van der Waals surface area contributed by atoms with Gasteiger partial charge in [-0.15, -0.1) is 0 Å². The number of carbonyl (C=O) groups is 1. The average Bonchev–Trinajstić information content (AvgIpc) is 3.46. The smallest absolute Gasteiger partial charge is 0.331 e. The van der Waals surface area contributed by atoms with Crippen molar-refractivity contribution in [2.45, 2.75) is 64.6 Å². The first-order valence-electron chi connectivity index (χ1n) is 12.2. The van der Waals surface area contributed by atoms with E-state index in [1.807, 2.05) is 35.0 Å². The van der Waals surface area contributed by atoms with E-state index in [2.05, 4.69) is 46.5 Å². The fourth-order valence-corrected chi connectivity index (χ4v) is 4.74. The van der Waals surface area contributed by atoms with E-state index < -0.39 is 0 Å². The van der Waals surface area contributed by atoms with Gasteiger partial charge in [-0.25, -0.2) is 14.8 Å². The highest BCUT2D eigenvalue weighted by Gasteiger charge is 2.29. The fraction of sp³-hybridized carbons (Fsp3) is 0.385.